The van der Waals surface area contributed by atoms with Gasteiger partial charge in [-0.2, -0.15) is 0 Å². The van der Waals surface area contributed by atoms with Gasteiger partial charge in [-0.15, -0.1) is 0 Å². The number of hydrogen-bond acceptors (Lipinski definition) is 3. The van der Waals surface area contributed by atoms with E-state index < -0.39 is 17.5 Å². The van der Waals surface area contributed by atoms with E-state index in [1.165, 1.54) is 0 Å². The standard InChI is InChI=1S/C15H14F2N2O2/c16-10-1-6-14(17)13(9-10)15(20)19-7-8-21-12-4-2-11(18)3-5-12/h1-6,9H,7-8,18H2,(H,19,20). The molecule has 0 spiro atoms. The summed E-state index contributed by atoms with van der Waals surface area (Å²) in [7, 11) is 0. The Morgan fingerprint density at radius 2 is 1.86 bits per heavy atom. The van der Waals surface area contributed by atoms with Gasteiger partial charge in [-0.05, 0) is 42.5 Å². The molecule has 0 aromatic heterocycles. The Morgan fingerprint density at radius 1 is 1.14 bits per heavy atom. The Morgan fingerprint density at radius 3 is 2.57 bits per heavy atom. The van der Waals surface area contributed by atoms with E-state index in [1.807, 2.05) is 0 Å². The first-order valence-electron chi connectivity index (χ1n) is 6.28. The highest BCUT2D eigenvalue weighted by atomic mass is 19.1. The van der Waals surface area contributed by atoms with Crippen LogP contribution in [0.25, 0.3) is 0 Å². The Balaban J connectivity index is 1.81. The van der Waals surface area contributed by atoms with Crippen molar-refractivity contribution in [2.24, 2.45) is 0 Å². The zero-order valence-electron chi connectivity index (χ0n) is 11.1. The van der Waals surface area contributed by atoms with E-state index in [0.717, 1.165) is 18.2 Å². The molecule has 0 atom stereocenters. The lowest BCUT2D eigenvalue weighted by molar-refractivity contribution is 0.0942. The molecule has 0 aliphatic rings. The molecular formula is C15H14F2N2O2. The molecule has 6 heteroatoms. The third-order valence-electron chi connectivity index (χ3n) is 2.71. The van der Waals surface area contributed by atoms with Gasteiger partial charge in [0.15, 0.2) is 0 Å². The van der Waals surface area contributed by atoms with Crippen molar-refractivity contribution in [2.75, 3.05) is 18.9 Å². The number of hydrogen-bond donors (Lipinski definition) is 2. The number of rotatable bonds is 5. The molecule has 1 amide bonds. The molecule has 2 aromatic carbocycles. The van der Waals surface area contributed by atoms with Crippen LogP contribution in [0.1, 0.15) is 10.4 Å². The van der Waals surface area contributed by atoms with Crippen LogP contribution in [0.2, 0.25) is 0 Å². The molecule has 0 unspecified atom stereocenters. The highest BCUT2D eigenvalue weighted by molar-refractivity contribution is 5.94. The summed E-state index contributed by atoms with van der Waals surface area (Å²) in [4.78, 5) is 11.7. The summed E-state index contributed by atoms with van der Waals surface area (Å²) in [6, 6.07) is 9.50. The summed E-state index contributed by atoms with van der Waals surface area (Å²) >= 11 is 0. The minimum atomic E-state index is -0.770. The Hall–Kier alpha value is -2.63. The quantitative estimate of drug-likeness (QED) is 0.657. The summed E-state index contributed by atoms with van der Waals surface area (Å²) in [6.07, 6.45) is 0. The van der Waals surface area contributed by atoms with E-state index in [4.69, 9.17) is 10.5 Å². The number of benzene rings is 2. The predicted octanol–water partition coefficient (Wildman–Crippen LogP) is 2.36. The largest absolute Gasteiger partial charge is 0.492 e. The van der Waals surface area contributed by atoms with E-state index in [9.17, 15) is 13.6 Å². The maximum Gasteiger partial charge on any atom is 0.254 e. The minimum Gasteiger partial charge on any atom is -0.492 e. The molecule has 0 saturated heterocycles. The molecular weight excluding hydrogens is 278 g/mol. The van der Waals surface area contributed by atoms with Crippen molar-refractivity contribution in [3.05, 3.63) is 59.7 Å². The van der Waals surface area contributed by atoms with E-state index in [2.05, 4.69) is 5.32 Å². The summed E-state index contributed by atoms with van der Waals surface area (Å²) in [5.74, 6) is -1.52. The number of carbonyl (C=O) groups excluding carboxylic acids is 1. The molecule has 0 bridgehead atoms. The van der Waals surface area contributed by atoms with Crippen LogP contribution in [0.3, 0.4) is 0 Å². The van der Waals surface area contributed by atoms with Crippen LogP contribution in [0.4, 0.5) is 14.5 Å². The number of nitrogen functional groups attached to an aromatic ring is 1. The molecule has 0 heterocycles. The topological polar surface area (TPSA) is 64.3 Å². The molecule has 21 heavy (non-hydrogen) atoms. The van der Waals surface area contributed by atoms with Gasteiger partial charge >= 0.3 is 0 Å². The molecule has 0 saturated carbocycles. The number of halogens is 2. The SMILES string of the molecule is Nc1ccc(OCCNC(=O)c2cc(F)ccc2F)cc1. The number of anilines is 1. The number of amides is 1. The van der Waals surface area contributed by atoms with Crippen LogP contribution in [0.15, 0.2) is 42.5 Å². The third-order valence-corrected chi connectivity index (χ3v) is 2.71. The highest BCUT2D eigenvalue weighted by Gasteiger charge is 2.12. The average molecular weight is 292 g/mol. The van der Waals surface area contributed by atoms with Gasteiger partial charge in [0.2, 0.25) is 0 Å². The summed E-state index contributed by atoms with van der Waals surface area (Å²) in [6.45, 7) is 0.367. The monoisotopic (exact) mass is 292 g/mol. The van der Waals surface area contributed by atoms with Gasteiger partial charge in [0.1, 0.15) is 24.0 Å². The van der Waals surface area contributed by atoms with Crippen molar-refractivity contribution in [2.45, 2.75) is 0 Å². The van der Waals surface area contributed by atoms with Crippen LogP contribution < -0.4 is 15.8 Å². The van der Waals surface area contributed by atoms with Gasteiger partial charge in [0, 0.05) is 5.69 Å². The highest BCUT2D eigenvalue weighted by Crippen LogP contribution is 2.12. The number of nitrogens with one attached hydrogen (secondary N) is 1. The zero-order valence-corrected chi connectivity index (χ0v) is 11.1. The summed E-state index contributed by atoms with van der Waals surface area (Å²) in [5, 5.41) is 2.45. The first-order chi connectivity index (χ1) is 10.1. The smallest absolute Gasteiger partial charge is 0.254 e. The lowest BCUT2D eigenvalue weighted by atomic mass is 10.2. The van der Waals surface area contributed by atoms with Crippen LogP contribution in [-0.2, 0) is 0 Å². The lowest BCUT2D eigenvalue weighted by Crippen LogP contribution is -2.28. The second kappa shape index (κ2) is 6.69. The molecule has 3 N–H and O–H groups in total. The second-order valence-corrected chi connectivity index (χ2v) is 4.30. The first kappa shape index (κ1) is 14.8. The van der Waals surface area contributed by atoms with Crippen molar-refractivity contribution < 1.29 is 18.3 Å². The molecule has 0 aliphatic heterocycles. The average Bonchev–Trinajstić information content (AvgIpc) is 2.47. The number of nitrogens with two attached hydrogens (primary N) is 1. The zero-order chi connectivity index (χ0) is 15.2. The van der Waals surface area contributed by atoms with Crippen molar-refractivity contribution in [1.82, 2.24) is 5.32 Å². The van der Waals surface area contributed by atoms with E-state index in [-0.39, 0.29) is 18.7 Å². The van der Waals surface area contributed by atoms with Gasteiger partial charge in [-0.1, -0.05) is 0 Å². The number of carbonyl (C=O) groups is 1. The molecule has 0 aliphatic carbocycles. The van der Waals surface area contributed by atoms with E-state index in [0.29, 0.717) is 11.4 Å². The summed E-state index contributed by atoms with van der Waals surface area (Å²) < 4.78 is 31.7. The molecule has 0 radical (unpaired) electrons. The molecule has 110 valence electrons. The van der Waals surface area contributed by atoms with Crippen molar-refractivity contribution in [1.29, 1.82) is 0 Å². The third kappa shape index (κ3) is 4.17. The molecule has 0 fully saturated rings. The number of ether oxygens (including phenoxy) is 1. The lowest BCUT2D eigenvalue weighted by Gasteiger charge is -2.08. The van der Waals surface area contributed by atoms with Crippen LogP contribution in [-0.4, -0.2) is 19.1 Å². The van der Waals surface area contributed by atoms with Gasteiger partial charge in [-0.25, -0.2) is 8.78 Å². The van der Waals surface area contributed by atoms with Crippen LogP contribution >= 0.6 is 0 Å². The first-order valence-corrected chi connectivity index (χ1v) is 6.28. The van der Waals surface area contributed by atoms with Gasteiger partial charge < -0.3 is 15.8 Å². The normalized spacial score (nSPS) is 10.2. The fourth-order valence-corrected chi connectivity index (χ4v) is 1.66. The summed E-state index contributed by atoms with van der Waals surface area (Å²) in [5.41, 5.74) is 5.82. The Bertz CT molecular complexity index is 630. The Kier molecular flexibility index (Phi) is 4.71. The fourth-order valence-electron chi connectivity index (χ4n) is 1.66. The predicted molar refractivity (Wildman–Crippen MR) is 75.0 cm³/mol. The van der Waals surface area contributed by atoms with E-state index >= 15 is 0 Å². The van der Waals surface area contributed by atoms with Gasteiger partial charge in [0.25, 0.3) is 5.91 Å². The van der Waals surface area contributed by atoms with Gasteiger partial charge in [0.05, 0.1) is 12.1 Å². The maximum absolute atomic E-state index is 13.4. The fraction of sp³-hybridized carbons (Fsp3) is 0.133. The maximum atomic E-state index is 13.4. The molecule has 4 nitrogen and oxygen atoms in total. The van der Waals surface area contributed by atoms with Crippen LogP contribution in [0, 0.1) is 11.6 Å². The van der Waals surface area contributed by atoms with Crippen LogP contribution in [0.5, 0.6) is 5.75 Å². The van der Waals surface area contributed by atoms with Crippen molar-refractivity contribution in [3.63, 3.8) is 0 Å². The van der Waals surface area contributed by atoms with E-state index in [1.54, 1.807) is 24.3 Å². The van der Waals surface area contributed by atoms with Crippen molar-refractivity contribution >= 4 is 11.6 Å². The minimum absolute atomic E-state index is 0.166. The van der Waals surface area contributed by atoms with Crippen molar-refractivity contribution in [3.8, 4) is 5.75 Å². The Labute approximate surface area is 120 Å². The second-order valence-electron chi connectivity index (χ2n) is 4.30. The molecule has 2 rings (SSSR count). The van der Waals surface area contributed by atoms with Gasteiger partial charge in [-0.3, -0.25) is 4.79 Å². The molecule has 2 aromatic rings.